The Balaban J connectivity index is 1.45. The second-order valence-electron chi connectivity index (χ2n) is 8.36. The minimum Gasteiger partial charge on any atom is -0.462 e. The number of fused-ring (bicyclic) bond motifs is 1. The summed E-state index contributed by atoms with van der Waals surface area (Å²) in [5.74, 6) is 0.201. The molecule has 2 N–H and O–H groups in total. The van der Waals surface area contributed by atoms with E-state index in [2.05, 4.69) is 78.9 Å². The van der Waals surface area contributed by atoms with Gasteiger partial charge in [-0.2, -0.15) is 5.21 Å². The second kappa shape index (κ2) is 10.2. The standard InChI is InChI=1S/C26H29N7O3/c1-4-17-14-22(24-28-30-31-29-24)32(15-17)19-12-10-18(11-13-19)16-33-23-20(25(34)35-5-2)8-7-9-21(23)27-26(33)36-6-3/h7-15,26-27H,4-6,16H2,1-3H3,(H,28,29,30,31). The number of hydrogen-bond acceptors (Lipinski definition) is 8. The van der Waals surface area contributed by atoms with Crippen LogP contribution in [0.25, 0.3) is 17.2 Å². The van der Waals surface area contributed by atoms with E-state index in [1.807, 2.05) is 19.1 Å². The van der Waals surface area contributed by atoms with Crippen LogP contribution in [0, 0.1) is 0 Å². The first-order chi connectivity index (χ1) is 17.6. The minimum absolute atomic E-state index is 0.317. The lowest BCUT2D eigenvalue weighted by molar-refractivity contribution is 0.0525. The predicted molar refractivity (Wildman–Crippen MR) is 136 cm³/mol. The molecule has 1 aliphatic rings. The Morgan fingerprint density at radius 1 is 1.06 bits per heavy atom. The molecule has 0 aliphatic carbocycles. The van der Waals surface area contributed by atoms with Gasteiger partial charge < -0.3 is 24.3 Å². The van der Waals surface area contributed by atoms with Gasteiger partial charge in [-0.3, -0.25) is 0 Å². The summed E-state index contributed by atoms with van der Waals surface area (Å²) in [4.78, 5) is 14.8. The van der Waals surface area contributed by atoms with Crippen LogP contribution in [0.15, 0.2) is 54.7 Å². The quantitative estimate of drug-likeness (QED) is 0.339. The summed E-state index contributed by atoms with van der Waals surface area (Å²) in [6, 6.07) is 16.0. The molecule has 0 spiro atoms. The number of nitrogens with zero attached hydrogens (tertiary/aromatic N) is 5. The summed E-state index contributed by atoms with van der Waals surface area (Å²) in [5, 5.41) is 17.9. The van der Waals surface area contributed by atoms with Crippen LogP contribution in [0.2, 0.25) is 0 Å². The van der Waals surface area contributed by atoms with E-state index in [0.29, 0.717) is 31.1 Å². The van der Waals surface area contributed by atoms with Gasteiger partial charge in [0.05, 0.1) is 29.2 Å². The maximum atomic E-state index is 12.7. The molecule has 3 heterocycles. The van der Waals surface area contributed by atoms with Gasteiger partial charge in [-0.25, -0.2) is 4.79 Å². The van der Waals surface area contributed by atoms with Crippen LogP contribution < -0.4 is 10.2 Å². The van der Waals surface area contributed by atoms with Gasteiger partial charge in [0.15, 0.2) is 0 Å². The summed E-state index contributed by atoms with van der Waals surface area (Å²) in [5.41, 5.74) is 6.28. The Bertz CT molecular complexity index is 1330. The average molecular weight is 488 g/mol. The number of hydrogen-bond donors (Lipinski definition) is 2. The van der Waals surface area contributed by atoms with Crippen molar-refractivity contribution in [2.45, 2.75) is 40.1 Å². The highest BCUT2D eigenvalue weighted by molar-refractivity contribution is 6.00. The van der Waals surface area contributed by atoms with E-state index in [1.165, 1.54) is 5.56 Å². The molecule has 2 aromatic heterocycles. The third kappa shape index (κ3) is 4.42. The van der Waals surface area contributed by atoms with Crippen molar-refractivity contribution in [3.05, 3.63) is 71.4 Å². The number of tetrazole rings is 1. The Kier molecular flexibility index (Phi) is 6.68. The fourth-order valence-corrected chi connectivity index (χ4v) is 4.45. The van der Waals surface area contributed by atoms with E-state index < -0.39 is 0 Å². The molecule has 0 saturated heterocycles. The number of anilines is 2. The van der Waals surface area contributed by atoms with Gasteiger partial charge in [0.1, 0.15) is 0 Å². The smallest absolute Gasteiger partial charge is 0.340 e. The van der Waals surface area contributed by atoms with Crippen molar-refractivity contribution in [3.63, 3.8) is 0 Å². The molecule has 0 radical (unpaired) electrons. The van der Waals surface area contributed by atoms with Crippen molar-refractivity contribution in [3.8, 4) is 17.2 Å². The Hall–Kier alpha value is -4.18. The zero-order valence-electron chi connectivity index (χ0n) is 20.6. The fourth-order valence-electron chi connectivity index (χ4n) is 4.45. The van der Waals surface area contributed by atoms with E-state index in [1.54, 1.807) is 13.0 Å². The van der Waals surface area contributed by atoms with E-state index in [0.717, 1.165) is 34.7 Å². The number of carbonyl (C=O) groups is 1. The Labute approximate surface area is 209 Å². The van der Waals surface area contributed by atoms with Crippen molar-refractivity contribution in [2.75, 3.05) is 23.4 Å². The molecule has 10 nitrogen and oxygen atoms in total. The molecule has 10 heteroatoms. The minimum atomic E-state index is -0.387. The van der Waals surface area contributed by atoms with Gasteiger partial charge in [0.2, 0.25) is 12.2 Å². The van der Waals surface area contributed by atoms with Crippen molar-refractivity contribution >= 4 is 17.3 Å². The number of carbonyl (C=O) groups excluding carboxylic acids is 1. The van der Waals surface area contributed by atoms with Crippen molar-refractivity contribution in [1.29, 1.82) is 0 Å². The van der Waals surface area contributed by atoms with Crippen molar-refractivity contribution < 1.29 is 14.3 Å². The lowest BCUT2D eigenvalue weighted by Gasteiger charge is -2.27. The molecule has 186 valence electrons. The number of para-hydroxylation sites is 1. The summed E-state index contributed by atoms with van der Waals surface area (Å²) in [7, 11) is 0. The number of rotatable bonds is 9. The fraction of sp³-hybridized carbons (Fsp3) is 0.308. The first-order valence-electron chi connectivity index (χ1n) is 12.1. The number of esters is 1. The summed E-state index contributed by atoms with van der Waals surface area (Å²) >= 11 is 0. The number of ether oxygens (including phenoxy) is 2. The zero-order valence-corrected chi connectivity index (χ0v) is 20.6. The number of H-pyrrole nitrogens is 1. The van der Waals surface area contributed by atoms with E-state index in [-0.39, 0.29) is 12.3 Å². The van der Waals surface area contributed by atoms with Gasteiger partial charge in [0, 0.05) is 25.0 Å². The Morgan fingerprint density at radius 3 is 2.58 bits per heavy atom. The topological polar surface area (TPSA) is 110 Å². The highest BCUT2D eigenvalue weighted by Gasteiger charge is 2.33. The van der Waals surface area contributed by atoms with Crippen LogP contribution in [0.3, 0.4) is 0 Å². The Morgan fingerprint density at radius 2 is 1.89 bits per heavy atom. The first-order valence-corrected chi connectivity index (χ1v) is 12.1. The molecular weight excluding hydrogens is 458 g/mol. The molecule has 0 amide bonds. The van der Waals surface area contributed by atoms with Crippen LogP contribution in [0.1, 0.15) is 42.3 Å². The molecule has 1 unspecified atom stereocenters. The number of aryl methyl sites for hydroxylation is 1. The van der Waals surface area contributed by atoms with Gasteiger partial charge in [-0.15, -0.1) is 10.2 Å². The van der Waals surface area contributed by atoms with E-state index in [4.69, 9.17) is 9.47 Å². The normalized spacial score (nSPS) is 14.5. The molecular formula is C26H29N7O3. The molecule has 0 bridgehead atoms. The van der Waals surface area contributed by atoms with Crippen LogP contribution in [0.5, 0.6) is 0 Å². The van der Waals surface area contributed by atoms with Crippen LogP contribution in [-0.2, 0) is 22.4 Å². The number of benzene rings is 2. The van der Waals surface area contributed by atoms with Crippen molar-refractivity contribution in [1.82, 2.24) is 25.2 Å². The van der Waals surface area contributed by atoms with Gasteiger partial charge >= 0.3 is 5.97 Å². The summed E-state index contributed by atoms with van der Waals surface area (Å²) in [6.45, 7) is 7.27. The molecule has 36 heavy (non-hydrogen) atoms. The maximum absolute atomic E-state index is 12.7. The number of aromatic amines is 1. The molecule has 1 aliphatic heterocycles. The number of aromatic nitrogens is 5. The zero-order chi connectivity index (χ0) is 25.1. The largest absolute Gasteiger partial charge is 0.462 e. The summed E-state index contributed by atoms with van der Waals surface area (Å²) < 4.78 is 13.3. The highest BCUT2D eigenvalue weighted by Crippen LogP contribution is 2.39. The third-order valence-corrected chi connectivity index (χ3v) is 6.13. The van der Waals surface area contributed by atoms with Crippen LogP contribution >= 0.6 is 0 Å². The highest BCUT2D eigenvalue weighted by atomic mass is 16.5. The molecule has 0 fully saturated rings. The van der Waals surface area contributed by atoms with Crippen LogP contribution in [-0.4, -0.2) is 50.7 Å². The molecule has 1 atom stereocenters. The first kappa shape index (κ1) is 23.6. The monoisotopic (exact) mass is 487 g/mol. The molecule has 5 rings (SSSR count). The lowest BCUT2D eigenvalue weighted by Crippen LogP contribution is -2.38. The third-order valence-electron chi connectivity index (χ3n) is 6.13. The average Bonchev–Trinajstić information content (AvgIpc) is 3.64. The molecule has 2 aromatic carbocycles. The van der Waals surface area contributed by atoms with Crippen LogP contribution in [0.4, 0.5) is 11.4 Å². The van der Waals surface area contributed by atoms with Gasteiger partial charge in [-0.05, 0) is 66.9 Å². The second-order valence-corrected chi connectivity index (χ2v) is 8.36. The molecule has 4 aromatic rings. The predicted octanol–water partition coefficient (Wildman–Crippen LogP) is 4.15. The molecule has 0 saturated carbocycles. The lowest BCUT2D eigenvalue weighted by atomic mass is 10.1. The van der Waals surface area contributed by atoms with E-state index in [9.17, 15) is 4.79 Å². The SMILES string of the molecule is CCOC(=O)c1cccc2c1N(Cc1ccc(-n3cc(CC)cc3-c3nn[nH]n3)cc1)C(OCC)N2. The summed E-state index contributed by atoms with van der Waals surface area (Å²) in [6.07, 6.45) is 2.61. The number of nitrogens with one attached hydrogen (secondary N) is 2. The van der Waals surface area contributed by atoms with E-state index >= 15 is 0 Å². The van der Waals surface area contributed by atoms with Gasteiger partial charge in [-0.1, -0.05) is 25.1 Å². The maximum Gasteiger partial charge on any atom is 0.340 e. The van der Waals surface area contributed by atoms with Crippen molar-refractivity contribution in [2.24, 2.45) is 0 Å². The van der Waals surface area contributed by atoms with Gasteiger partial charge in [0.25, 0.3) is 0 Å².